The van der Waals surface area contributed by atoms with Crippen LogP contribution in [-0.4, -0.2) is 0 Å². The Hall–Kier alpha value is -6.32. The van der Waals surface area contributed by atoms with Gasteiger partial charge in [0.2, 0.25) is 0 Å². The van der Waals surface area contributed by atoms with Crippen LogP contribution in [-0.2, 0) is 5.41 Å². The second-order valence-corrected chi connectivity index (χ2v) is 15.4. The normalized spacial score (nSPS) is 14.3. The number of hydrogen-bond donors (Lipinski definition) is 1. The van der Waals surface area contributed by atoms with Crippen LogP contribution in [0.15, 0.2) is 163 Å². The first kappa shape index (κ1) is 31.4. The summed E-state index contributed by atoms with van der Waals surface area (Å²) in [4.78, 5) is 2.49. The second kappa shape index (κ2) is 12.1. The maximum atomic E-state index is 6.84. The molecule has 53 heavy (non-hydrogen) atoms. The Morgan fingerprint density at radius 3 is 2.09 bits per heavy atom. The van der Waals surface area contributed by atoms with E-state index in [-0.39, 0.29) is 5.41 Å². The van der Waals surface area contributed by atoms with Crippen LogP contribution in [0.25, 0.3) is 49.0 Å². The number of para-hydroxylation sites is 3. The molecule has 1 aliphatic heterocycles. The molecule has 0 amide bonds. The number of rotatable bonds is 1. The molecule has 0 unspecified atom stereocenters. The third-order valence-corrected chi connectivity index (χ3v) is 10.9. The summed E-state index contributed by atoms with van der Waals surface area (Å²) in [7, 11) is 0. The Morgan fingerprint density at radius 2 is 1.32 bits per heavy atom. The molecular weight excluding hydrogens is 645 g/mol. The van der Waals surface area contributed by atoms with Crippen LogP contribution in [0.2, 0.25) is 0 Å². The van der Waals surface area contributed by atoms with Gasteiger partial charge < -0.3 is 15.0 Å². The molecule has 0 saturated carbocycles. The van der Waals surface area contributed by atoms with E-state index in [1.54, 1.807) is 0 Å². The molecule has 0 fully saturated rings. The molecule has 8 aromatic carbocycles. The summed E-state index contributed by atoms with van der Waals surface area (Å²) in [6.07, 6.45) is 6.56. The Bertz CT molecular complexity index is 2750. The first-order chi connectivity index (χ1) is 25.9. The van der Waals surface area contributed by atoms with Crippen LogP contribution in [0.4, 0.5) is 22.7 Å². The highest BCUT2D eigenvalue weighted by atomic mass is 16.5. The number of allylic oxidation sites excluding steroid dienone is 4. The summed E-state index contributed by atoms with van der Waals surface area (Å²) in [5.74, 6) is 1.67. The second-order valence-electron chi connectivity index (χ2n) is 15.4. The van der Waals surface area contributed by atoms with E-state index in [4.69, 9.17) is 4.74 Å². The predicted molar refractivity (Wildman–Crippen MR) is 224 cm³/mol. The fourth-order valence-corrected chi connectivity index (χ4v) is 8.33. The molecule has 10 rings (SSSR count). The molecule has 1 N–H and O–H groups in total. The van der Waals surface area contributed by atoms with E-state index in [2.05, 4.69) is 183 Å². The van der Waals surface area contributed by atoms with Crippen LogP contribution >= 0.6 is 0 Å². The molecule has 3 nitrogen and oxygen atoms in total. The van der Waals surface area contributed by atoms with Gasteiger partial charge >= 0.3 is 0 Å². The average molecular weight is 685 g/mol. The third kappa shape index (κ3) is 5.35. The van der Waals surface area contributed by atoms with Crippen LogP contribution in [0.5, 0.6) is 11.5 Å². The Labute approximate surface area is 310 Å². The summed E-state index contributed by atoms with van der Waals surface area (Å²) in [5, 5.41) is 11.5. The maximum absolute atomic E-state index is 6.84. The summed E-state index contributed by atoms with van der Waals surface area (Å²) in [6.45, 7) is 6.90. The van der Waals surface area contributed by atoms with Crippen molar-refractivity contribution in [1.29, 1.82) is 0 Å². The van der Waals surface area contributed by atoms with Crippen molar-refractivity contribution in [2.45, 2.75) is 39.0 Å². The molecule has 0 radical (unpaired) electrons. The molecule has 256 valence electrons. The zero-order valence-electron chi connectivity index (χ0n) is 30.3. The minimum Gasteiger partial charge on any atom is -0.456 e. The highest BCUT2D eigenvalue weighted by Gasteiger charge is 2.25. The van der Waals surface area contributed by atoms with Gasteiger partial charge in [-0.05, 0) is 99.7 Å². The molecule has 8 aromatic rings. The fourth-order valence-electron chi connectivity index (χ4n) is 8.33. The van der Waals surface area contributed by atoms with Crippen molar-refractivity contribution in [2.24, 2.45) is 0 Å². The van der Waals surface area contributed by atoms with Gasteiger partial charge in [0.05, 0.1) is 5.69 Å². The van der Waals surface area contributed by atoms with Gasteiger partial charge in [0.25, 0.3) is 0 Å². The SMILES string of the molecule is CC(C)(C)c1cc2ccc3c4cc(c5ccc(c1)c2c35)N(c1ccccc1)C1=CC(=CCC1)c1ccccc1Oc1ccccc1-c1cccc(c1)N4. The molecule has 3 heteroatoms. The van der Waals surface area contributed by atoms with Crippen molar-refractivity contribution in [2.75, 3.05) is 10.2 Å². The minimum absolute atomic E-state index is 0.0426. The van der Waals surface area contributed by atoms with E-state index in [0.29, 0.717) is 0 Å². The number of hydrogen-bond acceptors (Lipinski definition) is 3. The van der Waals surface area contributed by atoms with Crippen molar-refractivity contribution in [3.8, 4) is 22.6 Å². The van der Waals surface area contributed by atoms with Crippen LogP contribution in [0.1, 0.15) is 44.7 Å². The lowest BCUT2D eigenvalue weighted by Gasteiger charge is -2.32. The van der Waals surface area contributed by atoms with Crippen molar-refractivity contribution in [3.05, 3.63) is 175 Å². The van der Waals surface area contributed by atoms with E-state index < -0.39 is 0 Å². The molecule has 0 aromatic heterocycles. The number of nitrogens with one attached hydrogen (secondary N) is 1. The maximum Gasteiger partial charge on any atom is 0.135 e. The minimum atomic E-state index is 0.0426. The summed E-state index contributed by atoms with van der Waals surface area (Å²) < 4.78 is 6.84. The third-order valence-electron chi connectivity index (χ3n) is 10.9. The lowest BCUT2D eigenvalue weighted by molar-refractivity contribution is 0.483. The van der Waals surface area contributed by atoms with Crippen molar-refractivity contribution < 1.29 is 4.74 Å². The van der Waals surface area contributed by atoms with Crippen molar-refractivity contribution in [3.63, 3.8) is 0 Å². The van der Waals surface area contributed by atoms with E-state index in [0.717, 1.165) is 63.8 Å². The first-order valence-electron chi connectivity index (χ1n) is 18.6. The summed E-state index contributed by atoms with van der Waals surface area (Å²) in [6, 6.07) is 52.8. The Morgan fingerprint density at radius 1 is 0.623 bits per heavy atom. The standard InChI is InChI=1S/C50H40N2O/c1-50(2,3)36-27-34-23-25-42-44-31-45(43-26-24-35(28-36)48(34)49(42)43)52(38-16-5-4-6-17-38)39-18-12-14-33(30-39)41-20-8-10-22-47(41)53-46-21-9-7-19-40(46)32-13-11-15-37(29-32)51-44/h4-11,13-17,19-31,51H,12,18H2,1-3H3. The van der Waals surface area contributed by atoms with E-state index >= 15 is 0 Å². The zero-order chi connectivity index (χ0) is 35.7. The van der Waals surface area contributed by atoms with E-state index in [9.17, 15) is 0 Å². The molecule has 1 aliphatic carbocycles. The van der Waals surface area contributed by atoms with E-state index in [1.165, 1.54) is 49.2 Å². The Balaban J connectivity index is 1.31. The highest BCUT2D eigenvalue weighted by molar-refractivity contribution is 6.28. The van der Waals surface area contributed by atoms with Crippen LogP contribution in [0.3, 0.4) is 0 Å². The average Bonchev–Trinajstić information content (AvgIpc) is 3.18. The lowest BCUT2D eigenvalue weighted by atomic mass is 9.83. The predicted octanol–water partition coefficient (Wildman–Crippen LogP) is 14.3. The van der Waals surface area contributed by atoms with Crippen molar-refractivity contribution >= 4 is 60.6 Å². The van der Waals surface area contributed by atoms with Gasteiger partial charge in [-0.2, -0.15) is 0 Å². The molecule has 0 spiro atoms. The van der Waals surface area contributed by atoms with Gasteiger partial charge in [-0.1, -0.05) is 130 Å². The fraction of sp³-hybridized carbons (Fsp3) is 0.120. The first-order valence-corrected chi connectivity index (χ1v) is 18.6. The van der Waals surface area contributed by atoms with Crippen LogP contribution in [0, 0.1) is 0 Å². The highest BCUT2D eigenvalue weighted by Crippen LogP contribution is 2.48. The quantitative estimate of drug-likeness (QED) is 0.174. The lowest BCUT2D eigenvalue weighted by Crippen LogP contribution is -2.18. The largest absolute Gasteiger partial charge is 0.456 e. The van der Waals surface area contributed by atoms with Gasteiger partial charge in [0.1, 0.15) is 11.5 Å². The Kier molecular flexibility index (Phi) is 7.19. The molecule has 0 atom stereocenters. The zero-order valence-corrected chi connectivity index (χ0v) is 30.3. The molecule has 6 bridgehead atoms. The number of fused-ring (bicyclic) bond motifs is 11. The number of nitrogens with zero attached hydrogens (tertiary/aromatic N) is 1. The monoisotopic (exact) mass is 684 g/mol. The van der Waals surface area contributed by atoms with Gasteiger partial charge in [0.15, 0.2) is 0 Å². The molecule has 0 saturated heterocycles. The topological polar surface area (TPSA) is 24.5 Å². The number of ether oxygens (including phenoxy) is 1. The van der Waals surface area contributed by atoms with Gasteiger partial charge in [-0.3, -0.25) is 0 Å². The van der Waals surface area contributed by atoms with Crippen molar-refractivity contribution in [1.82, 2.24) is 0 Å². The van der Waals surface area contributed by atoms with Crippen LogP contribution < -0.4 is 15.0 Å². The molecular formula is C50H40N2O. The van der Waals surface area contributed by atoms with E-state index in [1.807, 2.05) is 6.07 Å². The van der Waals surface area contributed by atoms with Gasteiger partial charge in [-0.25, -0.2) is 0 Å². The van der Waals surface area contributed by atoms with Gasteiger partial charge in [0, 0.05) is 50.0 Å². The number of anilines is 4. The number of benzene rings is 8. The van der Waals surface area contributed by atoms with Gasteiger partial charge in [-0.15, -0.1) is 0 Å². The summed E-state index contributed by atoms with van der Waals surface area (Å²) >= 11 is 0. The molecule has 2 aliphatic rings. The smallest absolute Gasteiger partial charge is 0.135 e. The summed E-state index contributed by atoms with van der Waals surface area (Å²) in [5.41, 5.74) is 11.4. The molecule has 1 heterocycles.